The monoisotopic (exact) mass is 434 g/mol. The molecule has 0 radical (unpaired) electrons. The number of amides is 3. The summed E-state index contributed by atoms with van der Waals surface area (Å²) in [4.78, 5) is 31.4. The number of carbonyl (C=O) groups is 2. The minimum atomic E-state index is -4.53. The topological polar surface area (TPSA) is 79.5 Å². The third kappa shape index (κ3) is 3.86. The smallest absolute Gasteiger partial charge is 0.337 e. The van der Waals surface area contributed by atoms with Crippen molar-refractivity contribution in [2.24, 2.45) is 0 Å². The zero-order valence-electron chi connectivity index (χ0n) is 15.9. The average Bonchev–Trinajstić information content (AvgIpc) is 3.28. The molecule has 3 aromatic rings. The lowest BCUT2D eigenvalue weighted by Gasteiger charge is -2.18. The maximum absolute atomic E-state index is 13.2. The maximum Gasteiger partial charge on any atom is 0.416 e. The quantitative estimate of drug-likeness (QED) is 0.453. The zero-order chi connectivity index (χ0) is 22.3. The van der Waals surface area contributed by atoms with Crippen LogP contribution in [0, 0.1) is 5.82 Å². The molecule has 0 aliphatic carbocycles. The van der Waals surface area contributed by atoms with E-state index >= 15 is 0 Å². The van der Waals surface area contributed by atoms with Crippen molar-refractivity contribution in [3.05, 3.63) is 65.8 Å². The van der Waals surface area contributed by atoms with Crippen LogP contribution >= 0.6 is 0 Å². The van der Waals surface area contributed by atoms with E-state index in [1.165, 1.54) is 48.2 Å². The van der Waals surface area contributed by atoms with E-state index in [4.69, 9.17) is 4.52 Å². The fourth-order valence-corrected chi connectivity index (χ4v) is 3.21. The van der Waals surface area contributed by atoms with Crippen LogP contribution in [-0.4, -0.2) is 33.0 Å². The van der Waals surface area contributed by atoms with Crippen LogP contribution < -0.4 is 4.90 Å². The van der Waals surface area contributed by atoms with Crippen LogP contribution in [0.2, 0.25) is 0 Å². The first-order chi connectivity index (χ1) is 14.6. The molecule has 3 amide bonds. The number of nitrogens with zero attached hydrogens (tertiary/aromatic N) is 4. The van der Waals surface area contributed by atoms with E-state index in [2.05, 4.69) is 10.1 Å². The molecule has 0 saturated carbocycles. The summed E-state index contributed by atoms with van der Waals surface area (Å²) in [5.41, 5.74) is -0.458. The molecular weight excluding hydrogens is 420 g/mol. The predicted octanol–water partition coefficient (Wildman–Crippen LogP) is 4.25. The van der Waals surface area contributed by atoms with Crippen molar-refractivity contribution in [1.82, 2.24) is 15.0 Å². The Bertz CT molecular complexity index is 1140. The van der Waals surface area contributed by atoms with Gasteiger partial charge in [-0.3, -0.25) is 14.6 Å². The summed E-state index contributed by atoms with van der Waals surface area (Å²) in [5.74, 6) is -1.25. The number of alkyl halides is 3. The predicted molar refractivity (Wildman–Crippen MR) is 99.0 cm³/mol. The van der Waals surface area contributed by atoms with Gasteiger partial charge in [-0.05, 0) is 43.3 Å². The van der Waals surface area contributed by atoms with Gasteiger partial charge in [-0.2, -0.15) is 18.2 Å². The van der Waals surface area contributed by atoms with Crippen molar-refractivity contribution in [3.8, 4) is 11.4 Å². The Morgan fingerprint density at radius 2 is 1.81 bits per heavy atom. The fourth-order valence-electron chi connectivity index (χ4n) is 3.21. The van der Waals surface area contributed by atoms with Gasteiger partial charge in [0.15, 0.2) is 0 Å². The number of aromatic nitrogens is 2. The number of halogens is 4. The van der Waals surface area contributed by atoms with E-state index in [0.29, 0.717) is 5.69 Å². The van der Waals surface area contributed by atoms with Gasteiger partial charge in [-0.1, -0.05) is 17.3 Å². The lowest BCUT2D eigenvalue weighted by atomic mass is 10.1. The minimum Gasteiger partial charge on any atom is -0.337 e. The van der Waals surface area contributed by atoms with Gasteiger partial charge in [0.1, 0.15) is 18.4 Å². The number of imide groups is 1. The normalized spacial score (nSPS) is 17.0. The molecule has 7 nitrogen and oxygen atoms in total. The molecule has 1 fully saturated rings. The molecule has 1 atom stereocenters. The van der Waals surface area contributed by atoms with Crippen LogP contribution in [0.1, 0.15) is 18.4 Å². The molecule has 0 bridgehead atoms. The van der Waals surface area contributed by atoms with E-state index in [1.54, 1.807) is 0 Å². The Labute approximate surface area is 172 Å². The van der Waals surface area contributed by atoms with Crippen molar-refractivity contribution < 1.29 is 31.7 Å². The number of carbonyl (C=O) groups excluding carboxylic acids is 2. The highest BCUT2D eigenvalue weighted by Crippen LogP contribution is 2.32. The summed E-state index contributed by atoms with van der Waals surface area (Å²) in [5, 5.41) is 3.65. The highest BCUT2D eigenvalue weighted by atomic mass is 19.4. The Morgan fingerprint density at radius 3 is 2.48 bits per heavy atom. The standard InChI is InChI=1S/C20H14F4N4O3/c1-11-18(29)27(19(30)28(11)15-7-5-14(21)6-8-15)10-16-25-17(26-31-16)12-3-2-4-13(9-12)20(22,23)24/h2-9,11H,10H2,1H3. The summed E-state index contributed by atoms with van der Waals surface area (Å²) in [7, 11) is 0. The Kier molecular flexibility index (Phi) is 4.96. The van der Waals surface area contributed by atoms with Gasteiger partial charge in [-0.25, -0.2) is 9.18 Å². The van der Waals surface area contributed by atoms with Gasteiger partial charge >= 0.3 is 12.2 Å². The van der Waals surface area contributed by atoms with E-state index in [0.717, 1.165) is 17.0 Å². The molecule has 0 N–H and O–H groups in total. The number of hydrogen-bond acceptors (Lipinski definition) is 5. The van der Waals surface area contributed by atoms with Gasteiger partial charge < -0.3 is 4.52 Å². The lowest BCUT2D eigenvalue weighted by Crippen LogP contribution is -2.33. The first kappa shape index (κ1) is 20.5. The second-order valence-corrected chi connectivity index (χ2v) is 6.82. The molecule has 0 spiro atoms. The summed E-state index contributed by atoms with van der Waals surface area (Å²) in [6.45, 7) is 1.16. The average molecular weight is 434 g/mol. The molecule has 2 heterocycles. The molecular formula is C20H14F4N4O3. The van der Waals surface area contributed by atoms with E-state index in [-0.39, 0.29) is 23.8 Å². The van der Waals surface area contributed by atoms with Crippen LogP contribution in [0.4, 0.5) is 28.0 Å². The van der Waals surface area contributed by atoms with Crippen LogP contribution in [0.15, 0.2) is 53.1 Å². The number of hydrogen-bond donors (Lipinski definition) is 0. The highest BCUT2D eigenvalue weighted by Gasteiger charge is 2.44. The second-order valence-electron chi connectivity index (χ2n) is 6.82. The van der Waals surface area contributed by atoms with Gasteiger partial charge in [0, 0.05) is 11.3 Å². The van der Waals surface area contributed by atoms with E-state index in [1.807, 2.05) is 0 Å². The lowest BCUT2D eigenvalue weighted by molar-refractivity contribution is -0.137. The molecule has 1 unspecified atom stereocenters. The first-order valence-corrected chi connectivity index (χ1v) is 9.05. The number of rotatable bonds is 4. The molecule has 1 aliphatic rings. The molecule has 4 rings (SSSR count). The molecule has 31 heavy (non-hydrogen) atoms. The minimum absolute atomic E-state index is 0.0743. The van der Waals surface area contributed by atoms with Crippen molar-refractivity contribution in [3.63, 3.8) is 0 Å². The third-order valence-electron chi connectivity index (χ3n) is 4.76. The van der Waals surface area contributed by atoms with Crippen molar-refractivity contribution in [2.75, 3.05) is 4.90 Å². The Morgan fingerprint density at radius 1 is 1.10 bits per heavy atom. The number of benzene rings is 2. The molecule has 1 saturated heterocycles. The van der Waals surface area contributed by atoms with Crippen LogP contribution in [-0.2, 0) is 17.5 Å². The van der Waals surface area contributed by atoms with Crippen LogP contribution in [0.3, 0.4) is 0 Å². The van der Waals surface area contributed by atoms with Gasteiger partial charge in [0.2, 0.25) is 11.7 Å². The SMILES string of the molecule is CC1C(=O)N(Cc2nc(-c3cccc(C(F)(F)F)c3)no2)C(=O)N1c1ccc(F)cc1. The highest BCUT2D eigenvalue weighted by molar-refractivity contribution is 6.13. The second kappa shape index (κ2) is 7.49. The summed E-state index contributed by atoms with van der Waals surface area (Å²) in [6.07, 6.45) is -4.53. The van der Waals surface area contributed by atoms with Crippen molar-refractivity contribution in [2.45, 2.75) is 25.7 Å². The van der Waals surface area contributed by atoms with Crippen LogP contribution in [0.25, 0.3) is 11.4 Å². The van der Waals surface area contributed by atoms with Crippen LogP contribution in [0.5, 0.6) is 0 Å². The van der Waals surface area contributed by atoms with Gasteiger partial charge in [0.25, 0.3) is 5.91 Å². The maximum atomic E-state index is 13.2. The fraction of sp³-hybridized carbons (Fsp3) is 0.200. The number of urea groups is 1. The molecule has 11 heteroatoms. The summed E-state index contributed by atoms with van der Waals surface area (Å²) in [6, 6.07) is 7.96. The zero-order valence-corrected chi connectivity index (χ0v) is 15.9. The Hall–Kier alpha value is -3.76. The molecule has 1 aliphatic heterocycles. The Balaban J connectivity index is 1.55. The van der Waals surface area contributed by atoms with E-state index in [9.17, 15) is 27.2 Å². The summed E-state index contributed by atoms with van der Waals surface area (Å²) >= 11 is 0. The largest absolute Gasteiger partial charge is 0.416 e. The third-order valence-corrected chi connectivity index (χ3v) is 4.76. The molecule has 160 valence electrons. The molecule has 2 aromatic carbocycles. The van der Waals surface area contributed by atoms with E-state index < -0.39 is 35.5 Å². The van der Waals surface area contributed by atoms with Gasteiger partial charge in [-0.15, -0.1) is 0 Å². The first-order valence-electron chi connectivity index (χ1n) is 9.05. The van der Waals surface area contributed by atoms with Crippen molar-refractivity contribution in [1.29, 1.82) is 0 Å². The number of anilines is 1. The molecule has 1 aromatic heterocycles. The van der Waals surface area contributed by atoms with Crippen molar-refractivity contribution >= 4 is 17.6 Å². The van der Waals surface area contributed by atoms with Gasteiger partial charge in [0.05, 0.1) is 5.56 Å². The summed E-state index contributed by atoms with van der Waals surface area (Å²) < 4.78 is 56.9.